The van der Waals surface area contributed by atoms with E-state index < -0.39 is 5.60 Å². The summed E-state index contributed by atoms with van der Waals surface area (Å²) in [6.07, 6.45) is 9.93. The van der Waals surface area contributed by atoms with Crippen LogP contribution in [0.1, 0.15) is 56.6 Å². The van der Waals surface area contributed by atoms with Crippen molar-refractivity contribution < 1.29 is 5.11 Å². The lowest BCUT2D eigenvalue weighted by Gasteiger charge is -2.40. The van der Waals surface area contributed by atoms with E-state index >= 15 is 0 Å². The Kier molecular flexibility index (Phi) is 3.89. The molecule has 1 aliphatic heterocycles. The fourth-order valence-electron chi connectivity index (χ4n) is 3.73. The largest absolute Gasteiger partial charge is 0.389 e. The molecule has 0 bridgehead atoms. The molecule has 2 fully saturated rings. The first-order valence-corrected chi connectivity index (χ1v) is 7.69. The first-order chi connectivity index (χ1) is 9.25. The van der Waals surface area contributed by atoms with Crippen LogP contribution in [0, 0.1) is 0 Å². The smallest absolute Gasteiger partial charge is 0.0774 e. The van der Waals surface area contributed by atoms with Gasteiger partial charge in [0.15, 0.2) is 0 Å². The summed E-state index contributed by atoms with van der Waals surface area (Å²) >= 11 is 0. The lowest BCUT2D eigenvalue weighted by molar-refractivity contribution is -0.0314. The van der Waals surface area contributed by atoms with E-state index in [4.69, 9.17) is 0 Å². The predicted octanol–water partition coefficient (Wildman–Crippen LogP) is 2.28. The summed E-state index contributed by atoms with van der Waals surface area (Å²) in [5, 5.41) is 17.8. The third kappa shape index (κ3) is 3.18. The van der Waals surface area contributed by atoms with E-state index in [1.54, 1.807) is 0 Å². The van der Waals surface area contributed by atoms with Gasteiger partial charge in [-0.05, 0) is 38.3 Å². The molecule has 4 heteroatoms. The lowest BCUT2D eigenvalue weighted by atomic mass is 9.83. The van der Waals surface area contributed by atoms with Crippen LogP contribution in [0.2, 0.25) is 0 Å². The highest BCUT2D eigenvalue weighted by Gasteiger charge is 2.33. The molecule has 3 rings (SSSR count). The number of H-pyrrole nitrogens is 1. The van der Waals surface area contributed by atoms with E-state index in [-0.39, 0.29) is 0 Å². The monoisotopic (exact) mass is 263 g/mol. The van der Waals surface area contributed by atoms with E-state index in [2.05, 4.69) is 21.2 Å². The van der Waals surface area contributed by atoms with Gasteiger partial charge in [0.1, 0.15) is 0 Å². The number of likely N-dealkylation sites (tertiary alicyclic amines) is 1. The number of hydrogen-bond donors (Lipinski definition) is 2. The van der Waals surface area contributed by atoms with Gasteiger partial charge in [0.2, 0.25) is 0 Å². The maximum absolute atomic E-state index is 10.7. The number of β-amino-alcohol motifs (C(OH)–C–C–N with tert-alkyl or cyclic N) is 1. The number of aromatic amines is 1. The van der Waals surface area contributed by atoms with E-state index in [1.165, 1.54) is 37.8 Å². The molecule has 1 aromatic rings. The topological polar surface area (TPSA) is 52.1 Å². The Balaban J connectivity index is 1.59. The van der Waals surface area contributed by atoms with Crippen molar-refractivity contribution in [1.29, 1.82) is 0 Å². The summed E-state index contributed by atoms with van der Waals surface area (Å²) in [5.74, 6) is 0.559. The van der Waals surface area contributed by atoms with Crippen LogP contribution < -0.4 is 0 Å². The molecule has 2 heterocycles. The van der Waals surface area contributed by atoms with E-state index in [0.717, 1.165) is 32.5 Å². The number of nitrogens with one attached hydrogen (secondary N) is 1. The maximum Gasteiger partial charge on any atom is 0.0774 e. The molecule has 1 atom stereocenters. The molecule has 1 aliphatic carbocycles. The van der Waals surface area contributed by atoms with Crippen LogP contribution in [0.5, 0.6) is 0 Å². The number of hydrogen-bond acceptors (Lipinski definition) is 3. The average molecular weight is 263 g/mol. The van der Waals surface area contributed by atoms with Crippen LogP contribution in [0.15, 0.2) is 12.3 Å². The first-order valence-electron chi connectivity index (χ1n) is 7.69. The Labute approximate surface area is 115 Å². The molecule has 2 aliphatic rings. The Bertz CT molecular complexity index is 384. The van der Waals surface area contributed by atoms with Crippen molar-refractivity contribution >= 4 is 0 Å². The highest BCUT2D eigenvalue weighted by molar-refractivity contribution is 5.07. The Hall–Kier alpha value is -0.870. The summed E-state index contributed by atoms with van der Waals surface area (Å²) in [4.78, 5) is 2.46. The number of aliphatic hydroxyl groups is 1. The van der Waals surface area contributed by atoms with Crippen molar-refractivity contribution in [2.45, 2.75) is 56.5 Å². The van der Waals surface area contributed by atoms with Gasteiger partial charge in [-0.2, -0.15) is 5.10 Å². The summed E-state index contributed by atoms with van der Waals surface area (Å²) in [6, 6.07) is 2.09. The second-order valence-electron chi connectivity index (χ2n) is 6.37. The van der Waals surface area contributed by atoms with Crippen LogP contribution in [-0.2, 0) is 0 Å². The van der Waals surface area contributed by atoms with Crippen LogP contribution in [0.3, 0.4) is 0 Å². The van der Waals surface area contributed by atoms with Crippen LogP contribution in [0.25, 0.3) is 0 Å². The molecule has 0 aromatic carbocycles. The van der Waals surface area contributed by atoms with Crippen LogP contribution in [-0.4, -0.2) is 45.4 Å². The van der Waals surface area contributed by atoms with Gasteiger partial charge in [0.25, 0.3) is 0 Å². The molecular weight excluding hydrogens is 238 g/mol. The molecule has 1 saturated heterocycles. The van der Waals surface area contributed by atoms with Crippen LogP contribution in [0.4, 0.5) is 0 Å². The second-order valence-corrected chi connectivity index (χ2v) is 6.37. The predicted molar refractivity (Wildman–Crippen MR) is 75.0 cm³/mol. The SMILES string of the molecule is OC1(CN2CCC[C@H](c3ccn[nH]3)C2)CCCCC1. The van der Waals surface area contributed by atoms with E-state index in [1.807, 2.05) is 6.20 Å². The lowest BCUT2D eigenvalue weighted by Crippen LogP contribution is -2.47. The summed E-state index contributed by atoms with van der Waals surface area (Å²) in [6.45, 7) is 3.05. The Morgan fingerprint density at radius 3 is 2.89 bits per heavy atom. The van der Waals surface area contributed by atoms with Crippen molar-refractivity contribution in [1.82, 2.24) is 15.1 Å². The van der Waals surface area contributed by atoms with Crippen molar-refractivity contribution in [3.63, 3.8) is 0 Å². The fraction of sp³-hybridized carbons (Fsp3) is 0.800. The van der Waals surface area contributed by atoms with Crippen molar-refractivity contribution in [2.75, 3.05) is 19.6 Å². The van der Waals surface area contributed by atoms with Gasteiger partial charge in [-0.15, -0.1) is 0 Å². The van der Waals surface area contributed by atoms with Gasteiger partial charge < -0.3 is 5.11 Å². The molecule has 1 saturated carbocycles. The fourth-order valence-corrected chi connectivity index (χ4v) is 3.73. The molecule has 0 spiro atoms. The quantitative estimate of drug-likeness (QED) is 0.879. The van der Waals surface area contributed by atoms with Gasteiger partial charge in [-0.3, -0.25) is 10.00 Å². The van der Waals surface area contributed by atoms with E-state index in [0.29, 0.717) is 5.92 Å². The number of piperidine rings is 1. The van der Waals surface area contributed by atoms with Gasteiger partial charge in [0.05, 0.1) is 5.60 Å². The molecule has 19 heavy (non-hydrogen) atoms. The highest BCUT2D eigenvalue weighted by Crippen LogP contribution is 2.31. The molecule has 2 N–H and O–H groups in total. The zero-order valence-corrected chi connectivity index (χ0v) is 11.6. The summed E-state index contributed by atoms with van der Waals surface area (Å²) < 4.78 is 0. The average Bonchev–Trinajstić information content (AvgIpc) is 2.93. The normalized spacial score (nSPS) is 28.4. The van der Waals surface area contributed by atoms with Gasteiger partial charge in [-0.1, -0.05) is 19.3 Å². The molecule has 106 valence electrons. The second kappa shape index (κ2) is 5.63. The number of nitrogens with zero attached hydrogens (tertiary/aromatic N) is 2. The molecule has 0 radical (unpaired) electrons. The zero-order chi connectivity index (χ0) is 13.1. The van der Waals surface area contributed by atoms with Crippen molar-refractivity contribution in [3.8, 4) is 0 Å². The minimum absolute atomic E-state index is 0.422. The summed E-state index contributed by atoms with van der Waals surface area (Å²) in [7, 11) is 0. The molecule has 0 unspecified atom stereocenters. The number of rotatable bonds is 3. The molecule has 1 aromatic heterocycles. The van der Waals surface area contributed by atoms with Crippen LogP contribution >= 0.6 is 0 Å². The standard InChI is InChI=1S/C15H25N3O/c19-15(7-2-1-3-8-15)12-18-10-4-5-13(11-18)14-6-9-16-17-14/h6,9,13,19H,1-5,7-8,10-12H2,(H,16,17)/t13-/m0/s1. The van der Waals surface area contributed by atoms with Gasteiger partial charge in [-0.25, -0.2) is 0 Å². The first kappa shape index (κ1) is 13.1. The highest BCUT2D eigenvalue weighted by atomic mass is 16.3. The zero-order valence-electron chi connectivity index (χ0n) is 11.6. The van der Waals surface area contributed by atoms with Gasteiger partial charge in [0, 0.05) is 30.9 Å². The maximum atomic E-state index is 10.7. The third-order valence-electron chi connectivity index (χ3n) is 4.77. The van der Waals surface area contributed by atoms with E-state index in [9.17, 15) is 5.11 Å². The summed E-state index contributed by atoms with van der Waals surface area (Å²) in [5.41, 5.74) is 0.828. The van der Waals surface area contributed by atoms with Gasteiger partial charge >= 0.3 is 0 Å². The Morgan fingerprint density at radius 1 is 1.32 bits per heavy atom. The Morgan fingerprint density at radius 2 is 2.16 bits per heavy atom. The molecule has 4 nitrogen and oxygen atoms in total. The number of aromatic nitrogens is 2. The third-order valence-corrected chi connectivity index (χ3v) is 4.77. The molecule has 0 amide bonds. The molecular formula is C15H25N3O. The van der Waals surface area contributed by atoms with Crippen molar-refractivity contribution in [3.05, 3.63) is 18.0 Å². The van der Waals surface area contributed by atoms with Crippen molar-refractivity contribution in [2.24, 2.45) is 0 Å². The minimum atomic E-state index is -0.422. The minimum Gasteiger partial charge on any atom is -0.389 e.